The summed E-state index contributed by atoms with van der Waals surface area (Å²) < 4.78 is 0. The first kappa shape index (κ1) is 14.6. The zero-order valence-electron chi connectivity index (χ0n) is 14.8. The van der Waals surface area contributed by atoms with Crippen LogP contribution < -0.4 is 0 Å². The summed E-state index contributed by atoms with van der Waals surface area (Å²) in [4.78, 5) is 3.58. The van der Waals surface area contributed by atoms with Crippen molar-refractivity contribution in [3.8, 4) is 0 Å². The number of hydrogen-bond donors (Lipinski definition) is 1. The first-order valence-corrected chi connectivity index (χ1v) is 9.64. The number of aromatic amines is 1. The SMILES string of the molecule is CC1CC2CC(C)CC(c3ccc4[nH]c5ccccc5c4c3)(C1)C2. The second-order valence-electron chi connectivity index (χ2n) is 8.87. The van der Waals surface area contributed by atoms with Gasteiger partial charge in [0.2, 0.25) is 0 Å². The minimum absolute atomic E-state index is 0.423. The summed E-state index contributed by atoms with van der Waals surface area (Å²) in [5, 5.41) is 2.78. The van der Waals surface area contributed by atoms with Crippen LogP contribution in [0.15, 0.2) is 42.5 Å². The molecule has 24 heavy (non-hydrogen) atoms. The predicted molar refractivity (Wildman–Crippen MR) is 102 cm³/mol. The maximum absolute atomic E-state index is 3.58. The molecule has 1 aromatic heterocycles. The van der Waals surface area contributed by atoms with E-state index in [0.29, 0.717) is 5.41 Å². The number of benzene rings is 2. The standard InChI is InChI=1S/C23H27N/c1-15-9-17-10-16(2)13-23(12-15,14-17)18-7-8-22-20(11-18)19-5-3-4-6-21(19)24-22/h3-8,11,15-17,24H,9-10,12-14H2,1-2H3. The van der Waals surface area contributed by atoms with E-state index in [4.69, 9.17) is 0 Å². The smallest absolute Gasteiger partial charge is 0.0465 e. The molecule has 0 spiro atoms. The van der Waals surface area contributed by atoms with E-state index in [1.54, 1.807) is 5.56 Å². The monoisotopic (exact) mass is 317 g/mol. The number of para-hydroxylation sites is 1. The number of rotatable bonds is 1. The van der Waals surface area contributed by atoms with Crippen LogP contribution in [0, 0.1) is 17.8 Å². The molecule has 1 heteroatoms. The third kappa shape index (κ3) is 2.13. The topological polar surface area (TPSA) is 15.8 Å². The zero-order valence-corrected chi connectivity index (χ0v) is 14.8. The lowest BCUT2D eigenvalue weighted by Crippen LogP contribution is -2.42. The van der Waals surface area contributed by atoms with Crippen molar-refractivity contribution < 1.29 is 0 Å². The molecule has 0 aliphatic heterocycles. The van der Waals surface area contributed by atoms with Gasteiger partial charge >= 0.3 is 0 Å². The summed E-state index contributed by atoms with van der Waals surface area (Å²) >= 11 is 0. The van der Waals surface area contributed by atoms with Gasteiger partial charge in [-0.25, -0.2) is 0 Å². The molecular weight excluding hydrogens is 290 g/mol. The van der Waals surface area contributed by atoms with Crippen molar-refractivity contribution in [2.24, 2.45) is 17.8 Å². The van der Waals surface area contributed by atoms with Crippen LogP contribution in [-0.4, -0.2) is 4.98 Å². The minimum Gasteiger partial charge on any atom is -0.355 e. The molecule has 0 amide bonds. The van der Waals surface area contributed by atoms with E-state index in [2.05, 4.69) is 61.3 Å². The fourth-order valence-corrected chi connectivity index (χ4v) is 6.24. The molecule has 2 fully saturated rings. The average Bonchev–Trinajstić information content (AvgIpc) is 2.91. The van der Waals surface area contributed by atoms with E-state index in [1.165, 1.54) is 53.9 Å². The molecule has 2 saturated carbocycles. The number of aromatic nitrogens is 1. The molecule has 0 saturated heterocycles. The van der Waals surface area contributed by atoms with Crippen molar-refractivity contribution in [3.63, 3.8) is 0 Å². The van der Waals surface area contributed by atoms with Crippen LogP contribution in [-0.2, 0) is 5.41 Å². The fourth-order valence-electron chi connectivity index (χ4n) is 6.24. The Morgan fingerprint density at radius 2 is 1.54 bits per heavy atom. The number of fused-ring (bicyclic) bond motifs is 5. The summed E-state index contributed by atoms with van der Waals surface area (Å²) in [6, 6.07) is 16.0. The highest BCUT2D eigenvalue weighted by molar-refractivity contribution is 6.07. The van der Waals surface area contributed by atoms with Crippen LogP contribution >= 0.6 is 0 Å². The lowest BCUT2D eigenvalue weighted by molar-refractivity contribution is 0.0781. The molecule has 2 aliphatic carbocycles. The molecule has 124 valence electrons. The molecule has 2 unspecified atom stereocenters. The van der Waals surface area contributed by atoms with Crippen LogP contribution in [0.5, 0.6) is 0 Å². The van der Waals surface area contributed by atoms with Gasteiger partial charge in [-0.15, -0.1) is 0 Å². The summed E-state index contributed by atoms with van der Waals surface area (Å²) in [5.74, 6) is 2.68. The van der Waals surface area contributed by atoms with Crippen molar-refractivity contribution in [1.29, 1.82) is 0 Å². The van der Waals surface area contributed by atoms with Crippen molar-refractivity contribution in [2.75, 3.05) is 0 Å². The molecule has 1 N–H and O–H groups in total. The number of H-pyrrole nitrogens is 1. The summed E-state index contributed by atoms with van der Waals surface area (Å²) in [5.41, 5.74) is 4.56. The van der Waals surface area contributed by atoms with E-state index in [0.717, 1.165) is 17.8 Å². The minimum atomic E-state index is 0.423. The normalized spacial score (nSPS) is 33.2. The molecule has 2 aromatic carbocycles. The van der Waals surface area contributed by atoms with Crippen LogP contribution in [0.2, 0.25) is 0 Å². The van der Waals surface area contributed by atoms with E-state index < -0.39 is 0 Å². The Balaban J connectivity index is 1.68. The lowest BCUT2D eigenvalue weighted by atomic mass is 9.54. The highest BCUT2D eigenvalue weighted by atomic mass is 14.7. The number of nitrogens with one attached hydrogen (secondary N) is 1. The van der Waals surface area contributed by atoms with Crippen molar-refractivity contribution in [2.45, 2.75) is 51.4 Å². The average molecular weight is 317 g/mol. The Labute approximate surface area is 144 Å². The van der Waals surface area contributed by atoms with Gasteiger partial charge in [-0.1, -0.05) is 38.1 Å². The molecule has 5 rings (SSSR count). The predicted octanol–water partition coefficient (Wildman–Crippen LogP) is 6.43. The molecule has 3 aromatic rings. The maximum atomic E-state index is 3.58. The Morgan fingerprint density at radius 1 is 0.833 bits per heavy atom. The van der Waals surface area contributed by atoms with Crippen molar-refractivity contribution >= 4 is 21.8 Å². The highest BCUT2D eigenvalue weighted by Gasteiger charge is 2.45. The second kappa shape index (κ2) is 5.12. The van der Waals surface area contributed by atoms with Crippen molar-refractivity contribution in [1.82, 2.24) is 4.98 Å². The van der Waals surface area contributed by atoms with Gasteiger partial charge in [0.1, 0.15) is 0 Å². The number of hydrogen-bond acceptors (Lipinski definition) is 0. The quantitative estimate of drug-likeness (QED) is 0.532. The van der Waals surface area contributed by atoms with Gasteiger partial charge in [0.05, 0.1) is 0 Å². The van der Waals surface area contributed by atoms with Gasteiger partial charge in [0, 0.05) is 21.8 Å². The molecule has 1 heterocycles. The fraction of sp³-hybridized carbons (Fsp3) is 0.478. The Kier molecular flexibility index (Phi) is 3.11. The van der Waals surface area contributed by atoms with Gasteiger partial charge in [-0.2, -0.15) is 0 Å². The van der Waals surface area contributed by atoms with Gasteiger partial charge in [-0.05, 0) is 79.0 Å². The van der Waals surface area contributed by atoms with Crippen molar-refractivity contribution in [3.05, 3.63) is 48.0 Å². The Hall–Kier alpha value is -1.76. The second-order valence-corrected chi connectivity index (χ2v) is 8.87. The molecule has 0 radical (unpaired) electrons. The lowest BCUT2D eigenvalue weighted by Gasteiger charge is -2.50. The van der Waals surface area contributed by atoms with Gasteiger partial charge in [0.25, 0.3) is 0 Å². The first-order valence-electron chi connectivity index (χ1n) is 9.64. The van der Waals surface area contributed by atoms with Crippen LogP contribution in [0.25, 0.3) is 21.8 Å². The molecule has 2 atom stereocenters. The molecule has 2 aliphatic rings. The highest BCUT2D eigenvalue weighted by Crippen LogP contribution is 2.54. The van der Waals surface area contributed by atoms with Gasteiger partial charge < -0.3 is 4.98 Å². The maximum Gasteiger partial charge on any atom is 0.0465 e. The summed E-state index contributed by atoms with van der Waals surface area (Å²) in [6.45, 7) is 4.95. The van der Waals surface area contributed by atoms with E-state index in [9.17, 15) is 0 Å². The van der Waals surface area contributed by atoms with Crippen LogP contribution in [0.4, 0.5) is 0 Å². The Bertz CT molecular complexity index is 883. The van der Waals surface area contributed by atoms with Crippen LogP contribution in [0.3, 0.4) is 0 Å². The van der Waals surface area contributed by atoms with Crippen LogP contribution in [0.1, 0.15) is 51.5 Å². The molecule has 2 bridgehead atoms. The first-order chi connectivity index (χ1) is 11.6. The summed E-state index contributed by atoms with van der Waals surface area (Å²) in [6.07, 6.45) is 7.06. The van der Waals surface area contributed by atoms with Gasteiger partial charge in [0.15, 0.2) is 0 Å². The third-order valence-electron chi connectivity index (χ3n) is 6.75. The zero-order chi connectivity index (χ0) is 16.3. The summed E-state index contributed by atoms with van der Waals surface area (Å²) in [7, 11) is 0. The van der Waals surface area contributed by atoms with E-state index in [1.807, 2.05) is 0 Å². The van der Waals surface area contributed by atoms with Gasteiger partial charge in [-0.3, -0.25) is 0 Å². The largest absolute Gasteiger partial charge is 0.355 e. The molecular formula is C23H27N. The van der Waals surface area contributed by atoms with E-state index in [-0.39, 0.29) is 0 Å². The third-order valence-corrected chi connectivity index (χ3v) is 6.75. The Morgan fingerprint density at radius 3 is 2.33 bits per heavy atom. The van der Waals surface area contributed by atoms with E-state index >= 15 is 0 Å². The molecule has 1 nitrogen and oxygen atoms in total.